The first-order chi connectivity index (χ1) is 12.8. The van der Waals surface area contributed by atoms with E-state index in [9.17, 15) is 19.2 Å². The van der Waals surface area contributed by atoms with Crippen LogP contribution in [0.3, 0.4) is 0 Å². The van der Waals surface area contributed by atoms with Crippen LogP contribution in [0.1, 0.15) is 31.1 Å². The lowest BCUT2D eigenvalue weighted by Gasteiger charge is -2.50. The minimum absolute atomic E-state index is 0.00707. The molecule has 0 spiro atoms. The van der Waals surface area contributed by atoms with Gasteiger partial charge in [0.25, 0.3) is 0 Å². The summed E-state index contributed by atoms with van der Waals surface area (Å²) in [6.07, 6.45) is 1.03. The summed E-state index contributed by atoms with van der Waals surface area (Å²) >= 11 is 4.69. The summed E-state index contributed by atoms with van der Waals surface area (Å²) in [4.78, 5) is 49.7. The van der Waals surface area contributed by atoms with E-state index in [1.54, 1.807) is 4.90 Å². The van der Waals surface area contributed by atoms with Gasteiger partial charge in [-0.1, -0.05) is 40.4 Å². The summed E-state index contributed by atoms with van der Waals surface area (Å²) in [5.41, 5.74) is 0. The Morgan fingerprint density at radius 1 is 1.44 bits per heavy atom. The van der Waals surface area contributed by atoms with Gasteiger partial charge in [-0.3, -0.25) is 19.2 Å². The van der Waals surface area contributed by atoms with Crippen LogP contribution in [0.15, 0.2) is 17.5 Å². The van der Waals surface area contributed by atoms with Crippen LogP contribution < -0.4 is 5.32 Å². The highest BCUT2D eigenvalue weighted by Crippen LogP contribution is 2.33. The lowest BCUT2D eigenvalue weighted by atomic mass is 9.95. The number of hydrogen-bond acceptors (Lipinski definition) is 6. The van der Waals surface area contributed by atoms with Crippen LogP contribution in [0, 0.1) is 0 Å². The number of carboxylic acids is 1. The SMILES string of the molecule is CC(=O)SC(CCCC(=O)O)N1C(=O)[C@@H](NC(=O)Cc2cccs2)[C@H]1CI. The largest absolute Gasteiger partial charge is 0.481 e. The third-order valence-electron chi connectivity index (χ3n) is 4.11. The average molecular weight is 524 g/mol. The van der Waals surface area contributed by atoms with Gasteiger partial charge in [0.15, 0.2) is 5.12 Å². The molecule has 2 amide bonds. The van der Waals surface area contributed by atoms with Crippen molar-refractivity contribution in [2.75, 3.05) is 4.43 Å². The van der Waals surface area contributed by atoms with Crippen molar-refractivity contribution in [3.8, 4) is 0 Å². The Hall–Kier alpha value is -1.14. The second-order valence-electron chi connectivity index (χ2n) is 6.12. The molecule has 27 heavy (non-hydrogen) atoms. The van der Waals surface area contributed by atoms with Gasteiger partial charge in [-0.15, -0.1) is 11.3 Å². The van der Waals surface area contributed by atoms with Crippen LogP contribution in [0.25, 0.3) is 0 Å². The number of likely N-dealkylation sites (tertiary alicyclic amines) is 1. The van der Waals surface area contributed by atoms with E-state index in [0.717, 1.165) is 16.6 Å². The minimum atomic E-state index is -0.902. The summed E-state index contributed by atoms with van der Waals surface area (Å²) in [5.74, 6) is -1.32. The van der Waals surface area contributed by atoms with E-state index >= 15 is 0 Å². The number of carbonyl (C=O) groups excluding carboxylic acids is 3. The van der Waals surface area contributed by atoms with Gasteiger partial charge in [0.1, 0.15) is 6.04 Å². The molecule has 2 rings (SSSR count). The molecule has 1 aromatic heterocycles. The topological polar surface area (TPSA) is 104 Å². The van der Waals surface area contributed by atoms with Crippen LogP contribution in [0.2, 0.25) is 0 Å². The summed E-state index contributed by atoms with van der Waals surface area (Å²) in [5, 5.41) is 13.0. The standard InChI is InChI=1S/C17H21IN2O5S2/c1-10(21)27-14(5-2-6-15(23)24)20-12(9-18)16(17(20)25)19-13(22)8-11-4-3-7-26-11/h3-4,7,12,14,16H,2,5-6,8-9H2,1H3,(H,19,22)(H,23,24)/t12-,14?,16+/m1/s1. The van der Waals surface area contributed by atoms with Gasteiger partial charge < -0.3 is 15.3 Å². The molecule has 7 nitrogen and oxygen atoms in total. The van der Waals surface area contributed by atoms with E-state index in [4.69, 9.17) is 5.11 Å². The lowest BCUT2D eigenvalue weighted by Crippen LogP contribution is -2.73. The Labute approximate surface area is 179 Å². The Kier molecular flexibility index (Phi) is 8.55. The number of alkyl halides is 1. The van der Waals surface area contributed by atoms with Crippen molar-refractivity contribution in [1.29, 1.82) is 0 Å². The van der Waals surface area contributed by atoms with Crippen molar-refractivity contribution in [2.45, 2.75) is 50.1 Å². The van der Waals surface area contributed by atoms with Crippen LogP contribution in [-0.2, 0) is 25.6 Å². The Morgan fingerprint density at radius 3 is 2.74 bits per heavy atom. The number of thioether (sulfide) groups is 1. The maximum absolute atomic E-state index is 12.7. The molecule has 1 unspecified atom stereocenters. The molecule has 2 heterocycles. The summed E-state index contributed by atoms with van der Waals surface area (Å²) < 4.78 is 0.612. The highest BCUT2D eigenvalue weighted by atomic mass is 127. The van der Waals surface area contributed by atoms with E-state index in [-0.39, 0.29) is 35.8 Å². The molecule has 1 saturated heterocycles. The number of nitrogens with zero attached hydrogens (tertiary/aromatic N) is 1. The van der Waals surface area contributed by atoms with E-state index in [0.29, 0.717) is 17.3 Å². The highest BCUT2D eigenvalue weighted by Gasteiger charge is 2.50. The molecular weight excluding hydrogens is 503 g/mol. The quantitative estimate of drug-likeness (QED) is 0.277. The molecule has 10 heteroatoms. The minimum Gasteiger partial charge on any atom is -0.481 e. The molecule has 0 radical (unpaired) electrons. The summed E-state index contributed by atoms with van der Waals surface area (Å²) in [7, 11) is 0. The Bertz CT molecular complexity index is 698. The molecular formula is C17H21IN2O5S2. The van der Waals surface area contributed by atoms with Crippen molar-refractivity contribution >= 4 is 68.6 Å². The summed E-state index contributed by atoms with van der Waals surface area (Å²) in [6, 6.07) is 2.95. The molecule has 1 aliphatic heterocycles. The zero-order chi connectivity index (χ0) is 20.0. The maximum Gasteiger partial charge on any atom is 0.303 e. The number of aliphatic carboxylic acids is 1. The molecule has 0 aliphatic carbocycles. The van der Waals surface area contributed by atoms with Gasteiger partial charge >= 0.3 is 5.97 Å². The van der Waals surface area contributed by atoms with Gasteiger partial charge in [-0.2, -0.15) is 0 Å². The number of amides is 2. The molecule has 0 aromatic carbocycles. The fourth-order valence-electron chi connectivity index (χ4n) is 2.91. The van der Waals surface area contributed by atoms with Crippen molar-refractivity contribution < 1.29 is 24.3 Å². The molecule has 2 N–H and O–H groups in total. The molecule has 0 bridgehead atoms. The lowest BCUT2D eigenvalue weighted by molar-refractivity contribution is -0.153. The number of nitrogens with one attached hydrogen (secondary N) is 1. The van der Waals surface area contributed by atoms with Crippen molar-refractivity contribution in [2.24, 2.45) is 0 Å². The van der Waals surface area contributed by atoms with Gasteiger partial charge in [0.2, 0.25) is 11.8 Å². The predicted octanol–water partition coefficient (Wildman–Crippen LogP) is 2.28. The second-order valence-corrected chi connectivity index (χ2v) is 9.39. The van der Waals surface area contributed by atoms with Crippen molar-refractivity contribution in [3.05, 3.63) is 22.4 Å². The predicted molar refractivity (Wildman–Crippen MR) is 113 cm³/mol. The third kappa shape index (κ3) is 6.18. The maximum atomic E-state index is 12.7. The number of rotatable bonds is 10. The first kappa shape index (κ1) is 22.2. The van der Waals surface area contributed by atoms with E-state index < -0.39 is 17.4 Å². The molecule has 1 aromatic rings. The van der Waals surface area contributed by atoms with Gasteiger partial charge in [0, 0.05) is 22.6 Å². The Balaban J connectivity index is 1.98. The molecule has 0 saturated carbocycles. The van der Waals surface area contributed by atoms with Crippen LogP contribution in [0.4, 0.5) is 0 Å². The second kappa shape index (κ2) is 10.4. The average Bonchev–Trinajstić information content (AvgIpc) is 3.08. The van der Waals surface area contributed by atoms with Crippen molar-refractivity contribution in [3.63, 3.8) is 0 Å². The fourth-order valence-corrected chi connectivity index (χ4v) is 5.59. The Morgan fingerprint density at radius 2 is 2.19 bits per heavy atom. The molecule has 1 fully saturated rings. The number of halogens is 1. The van der Waals surface area contributed by atoms with Gasteiger partial charge in [-0.25, -0.2) is 0 Å². The van der Waals surface area contributed by atoms with Gasteiger partial charge in [-0.05, 0) is 24.3 Å². The van der Waals surface area contributed by atoms with Crippen LogP contribution >= 0.6 is 45.7 Å². The number of hydrogen-bond donors (Lipinski definition) is 2. The zero-order valence-corrected chi connectivity index (χ0v) is 18.5. The van der Waals surface area contributed by atoms with E-state index in [2.05, 4.69) is 27.9 Å². The van der Waals surface area contributed by atoms with Crippen LogP contribution in [0.5, 0.6) is 0 Å². The van der Waals surface area contributed by atoms with E-state index in [1.807, 2.05) is 17.5 Å². The smallest absolute Gasteiger partial charge is 0.303 e. The van der Waals surface area contributed by atoms with Gasteiger partial charge in [0.05, 0.1) is 17.8 Å². The first-order valence-corrected chi connectivity index (χ1v) is 11.7. The molecule has 1 aliphatic rings. The zero-order valence-electron chi connectivity index (χ0n) is 14.7. The number of thiophene rings is 1. The van der Waals surface area contributed by atoms with Crippen LogP contribution in [-0.4, -0.2) is 54.8 Å². The third-order valence-corrected chi connectivity index (χ3v) is 6.95. The highest BCUT2D eigenvalue weighted by molar-refractivity contribution is 14.1. The number of carboxylic acid groups (broad SMARTS) is 1. The summed E-state index contributed by atoms with van der Waals surface area (Å²) in [6.45, 7) is 1.43. The number of β-lactam (4-membered cyclic amide) rings is 1. The molecule has 3 atom stereocenters. The molecule has 148 valence electrons. The number of carbonyl (C=O) groups is 4. The van der Waals surface area contributed by atoms with Crippen molar-refractivity contribution in [1.82, 2.24) is 10.2 Å². The van der Waals surface area contributed by atoms with E-state index in [1.165, 1.54) is 18.3 Å². The fraction of sp³-hybridized carbons (Fsp3) is 0.529. The normalized spacial score (nSPS) is 20.1. The first-order valence-electron chi connectivity index (χ1n) is 8.42. The monoisotopic (exact) mass is 524 g/mol.